The smallest absolute Gasteiger partial charge is 0.315 e. The van der Waals surface area contributed by atoms with Crippen molar-refractivity contribution in [1.82, 2.24) is 20.9 Å². The number of nitrogens with zero attached hydrogens (tertiary/aromatic N) is 1. The molecule has 6 nitrogen and oxygen atoms in total. The number of rotatable bonds is 5. The monoisotopic (exact) mass is 412 g/mol. The number of nitrogens with one attached hydrogen (secondary N) is 3. The fourth-order valence-electron chi connectivity index (χ4n) is 4.52. The van der Waals surface area contributed by atoms with Gasteiger partial charge >= 0.3 is 6.03 Å². The van der Waals surface area contributed by atoms with E-state index in [2.05, 4.69) is 20.9 Å². The summed E-state index contributed by atoms with van der Waals surface area (Å²) in [6, 6.07) is 11.3. The molecule has 2 aliphatic carbocycles. The van der Waals surface area contributed by atoms with Gasteiger partial charge in [0, 0.05) is 35.5 Å². The summed E-state index contributed by atoms with van der Waals surface area (Å²) in [5.41, 5.74) is 2.67. The number of urea groups is 1. The van der Waals surface area contributed by atoms with Crippen LogP contribution in [0.2, 0.25) is 5.02 Å². The van der Waals surface area contributed by atoms with Gasteiger partial charge in [-0.05, 0) is 67.9 Å². The number of carbonyl (C=O) groups excluding carboxylic acids is 2. The molecule has 3 N–H and O–H groups in total. The molecule has 1 aromatic carbocycles. The lowest BCUT2D eigenvalue weighted by Gasteiger charge is -2.57. The van der Waals surface area contributed by atoms with E-state index in [-0.39, 0.29) is 29.4 Å². The number of amides is 3. The lowest BCUT2D eigenvalue weighted by atomic mass is 9.52. The molecule has 2 aliphatic rings. The number of benzene rings is 1. The van der Waals surface area contributed by atoms with Crippen LogP contribution in [0.25, 0.3) is 0 Å². The first-order chi connectivity index (χ1) is 13.9. The van der Waals surface area contributed by atoms with E-state index in [9.17, 15) is 9.59 Å². The second-order valence-corrected chi connectivity index (χ2v) is 8.71. The molecule has 29 heavy (non-hydrogen) atoms. The highest BCUT2D eigenvalue weighted by atomic mass is 35.5. The highest BCUT2D eigenvalue weighted by Gasteiger charge is 2.53. The molecule has 1 heterocycles. The number of hydrogen-bond acceptors (Lipinski definition) is 3. The topological polar surface area (TPSA) is 83.1 Å². The number of carbonyl (C=O) groups is 2. The average molecular weight is 413 g/mol. The molecule has 3 amide bonds. The van der Waals surface area contributed by atoms with E-state index in [1.807, 2.05) is 31.2 Å². The average Bonchev–Trinajstić information content (AvgIpc) is 2.64. The first-order valence-electron chi connectivity index (χ1n) is 9.94. The van der Waals surface area contributed by atoms with E-state index < -0.39 is 0 Å². The number of aromatic nitrogens is 1. The van der Waals surface area contributed by atoms with Gasteiger partial charge < -0.3 is 16.0 Å². The Hall–Kier alpha value is -2.60. The maximum atomic E-state index is 12.4. The van der Waals surface area contributed by atoms with Gasteiger partial charge in [-0.2, -0.15) is 0 Å². The summed E-state index contributed by atoms with van der Waals surface area (Å²) in [5, 5.41) is 9.71. The van der Waals surface area contributed by atoms with Crippen LogP contribution in [-0.4, -0.2) is 29.0 Å². The highest BCUT2D eigenvalue weighted by molar-refractivity contribution is 6.30. The van der Waals surface area contributed by atoms with Gasteiger partial charge in [-0.15, -0.1) is 0 Å². The van der Waals surface area contributed by atoms with Gasteiger partial charge in [0.2, 0.25) is 0 Å². The molecule has 0 atom stereocenters. The zero-order valence-electron chi connectivity index (χ0n) is 16.4. The zero-order valence-corrected chi connectivity index (χ0v) is 17.1. The van der Waals surface area contributed by atoms with Gasteiger partial charge in [0.25, 0.3) is 5.91 Å². The Morgan fingerprint density at radius 2 is 1.72 bits per heavy atom. The first-order valence-corrected chi connectivity index (χ1v) is 10.3. The summed E-state index contributed by atoms with van der Waals surface area (Å²) in [6.45, 7) is 2.32. The van der Waals surface area contributed by atoms with Crippen molar-refractivity contribution in [2.24, 2.45) is 5.41 Å². The van der Waals surface area contributed by atoms with Crippen molar-refractivity contribution < 1.29 is 9.59 Å². The molecule has 152 valence electrons. The van der Waals surface area contributed by atoms with Gasteiger partial charge in [0.05, 0.1) is 5.56 Å². The molecule has 4 rings (SSSR count). The van der Waals surface area contributed by atoms with Crippen molar-refractivity contribution >= 4 is 23.5 Å². The summed E-state index contributed by atoms with van der Waals surface area (Å²) in [4.78, 5) is 28.6. The Labute approximate surface area is 175 Å². The van der Waals surface area contributed by atoms with Crippen LogP contribution in [0.4, 0.5) is 4.79 Å². The molecule has 7 heteroatoms. The lowest BCUT2D eigenvalue weighted by Crippen LogP contribution is -2.61. The number of halogens is 1. The largest absolute Gasteiger partial charge is 0.349 e. The van der Waals surface area contributed by atoms with E-state index in [4.69, 9.17) is 11.6 Å². The molecule has 0 saturated heterocycles. The van der Waals surface area contributed by atoms with Crippen molar-refractivity contribution in [3.05, 3.63) is 64.4 Å². The van der Waals surface area contributed by atoms with E-state index in [1.54, 1.807) is 18.3 Å². The summed E-state index contributed by atoms with van der Waals surface area (Å²) < 4.78 is 0. The van der Waals surface area contributed by atoms with Gasteiger partial charge in [-0.1, -0.05) is 23.7 Å². The molecule has 2 saturated carbocycles. The van der Waals surface area contributed by atoms with Gasteiger partial charge in [0.1, 0.15) is 0 Å². The maximum Gasteiger partial charge on any atom is 0.315 e. The maximum absolute atomic E-state index is 12.4. The van der Waals surface area contributed by atoms with Crippen LogP contribution >= 0.6 is 11.6 Å². The molecule has 1 spiro atoms. The molecule has 0 unspecified atom stereocenters. The van der Waals surface area contributed by atoms with Crippen LogP contribution in [0.5, 0.6) is 0 Å². The van der Waals surface area contributed by atoms with Crippen molar-refractivity contribution in [3.8, 4) is 0 Å². The second-order valence-electron chi connectivity index (χ2n) is 8.27. The third kappa shape index (κ3) is 4.53. The predicted octanol–water partition coefficient (Wildman–Crippen LogP) is 3.58. The zero-order chi connectivity index (χ0) is 20.4. The van der Waals surface area contributed by atoms with Crippen molar-refractivity contribution in [2.45, 2.75) is 51.2 Å². The van der Waals surface area contributed by atoms with Crippen LogP contribution in [-0.2, 0) is 6.54 Å². The van der Waals surface area contributed by atoms with Gasteiger partial charge in [-0.25, -0.2) is 4.79 Å². The Balaban J connectivity index is 1.15. The molecule has 2 fully saturated rings. The normalized spacial score (nSPS) is 24.9. The predicted molar refractivity (Wildman–Crippen MR) is 112 cm³/mol. The summed E-state index contributed by atoms with van der Waals surface area (Å²) in [5.74, 6) is -0.0500. The second kappa shape index (κ2) is 8.03. The Bertz CT molecular complexity index is 901. The van der Waals surface area contributed by atoms with Crippen LogP contribution in [0.15, 0.2) is 42.6 Å². The third-order valence-corrected chi connectivity index (χ3v) is 6.26. The van der Waals surface area contributed by atoms with E-state index >= 15 is 0 Å². The molecule has 0 bridgehead atoms. The highest BCUT2D eigenvalue weighted by Crippen LogP contribution is 2.55. The molecule has 2 aromatic rings. The van der Waals surface area contributed by atoms with Gasteiger partial charge in [0.15, 0.2) is 0 Å². The van der Waals surface area contributed by atoms with Crippen LogP contribution in [0, 0.1) is 12.3 Å². The van der Waals surface area contributed by atoms with Crippen molar-refractivity contribution in [1.29, 1.82) is 0 Å². The SMILES string of the molecule is Cc1ncccc1C(=O)NC1CC2(CC(NC(=O)NCc3ccc(Cl)cc3)C2)C1. The quantitative estimate of drug-likeness (QED) is 0.701. The van der Waals surface area contributed by atoms with E-state index in [0.717, 1.165) is 36.9 Å². The molecule has 0 radical (unpaired) electrons. The van der Waals surface area contributed by atoms with Crippen molar-refractivity contribution in [3.63, 3.8) is 0 Å². The fraction of sp³-hybridized carbons (Fsp3) is 0.409. The van der Waals surface area contributed by atoms with Crippen LogP contribution in [0.1, 0.15) is 47.3 Å². The Morgan fingerprint density at radius 1 is 1.07 bits per heavy atom. The molecular weight excluding hydrogens is 388 g/mol. The molecule has 1 aromatic heterocycles. The molecular formula is C22H25ClN4O2. The van der Waals surface area contributed by atoms with Crippen molar-refractivity contribution in [2.75, 3.05) is 0 Å². The summed E-state index contributed by atoms with van der Waals surface area (Å²) in [7, 11) is 0. The standard InChI is InChI=1S/C22H25ClN4O2/c1-14-19(3-2-8-24-14)20(28)26-17-9-22(10-17)11-18(12-22)27-21(29)25-13-15-4-6-16(23)7-5-15/h2-8,17-18H,9-13H2,1H3,(H,26,28)(H2,25,27,29). The number of hydrogen-bond donors (Lipinski definition) is 3. The first kappa shape index (κ1) is 19.7. The van der Waals surface area contributed by atoms with E-state index in [1.165, 1.54) is 0 Å². The molecule has 0 aliphatic heterocycles. The summed E-state index contributed by atoms with van der Waals surface area (Å²) in [6.07, 6.45) is 5.59. The van der Waals surface area contributed by atoms with E-state index in [0.29, 0.717) is 17.1 Å². The fourth-order valence-corrected chi connectivity index (χ4v) is 4.64. The van der Waals surface area contributed by atoms with Crippen LogP contribution < -0.4 is 16.0 Å². The van der Waals surface area contributed by atoms with Crippen LogP contribution in [0.3, 0.4) is 0 Å². The third-order valence-electron chi connectivity index (χ3n) is 6.01. The Kier molecular flexibility index (Phi) is 5.46. The minimum absolute atomic E-state index is 0.0500. The Morgan fingerprint density at radius 3 is 2.38 bits per heavy atom. The number of aryl methyl sites for hydroxylation is 1. The summed E-state index contributed by atoms with van der Waals surface area (Å²) >= 11 is 5.87. The minimum Gasteiger partial charge on any atom is -0.349 e. The number of pyridine rings is 1. The lowest BCUT2D eigenvalue weighted by molar-refractivity contribution is -0.0236. The minimum atomic E-state index is -0.143. The van der Waals surface area contributed by atoms with Gasteiger partial charge in [-0.3, -0.25) is 9.78 Å².